The third-order valence-electron chi connectivity index (χ3n) is 3.74. The van der Waals surface area contributed by atoms with Crippen molar-refractivity contribution in [3.63, 3.8) is 0 Å². The minimum Gasteiger partial charge on any atom is -0.464 e. The highest BCUT2D eigenvalue weighted by molar-refractivity contribution is 5.94. The highest BCUT2D eigenvalue weighted by atomic mass is 19.1. The van der Waals surface area contributed by atoms with Crippen molar-refractivity contribution in [1.29, 1.82) is 0 Å². The van der Waals surface area contributed by atoms with Gasteiger partial charge >= 0.3 is 0 Å². The Morgan fingerprint density at radius 3 is 2.29 bits per heavy atom. The second-order valence-corrected chi connectivity index (χ2v) is 5.67. The molecular formula is C20H18FNO2. The van der Waals surface area contributed by atoms with Gasteiger partial charge in [0.05, 0.1) is 6.54 Å². The van der Waals surface area contributed by atoms with Gasteiger partial charge in [-0.3, -0.25) is 4.79 Å². The second kappa shape index (κ2) is 7.13. The number of aryl methyl sites for hydroxylation is 1. The molecular weight excluding hydrogens is 305 g/mol. The Morgan fingerprint density at radius 1 is 0.958 bits per heavy atom. The number of carbonyl (C=O) groups is 1. The standard InChI is InChI=1S/C20H18FNO2/c1-15-7-12-19(24-15)14-22(13-16-8-10-18(21)11-9-16)20(23)17-5-3-2-4-6-17/h2-12H,13-14H2,1H3. The van der Waals surface area contributed by atoms with Crippen molar-refractivity contribution in [1.82, 2.24) is 4.90 Å². The highest BCUT2D eigenvalue weighted by Gasteiger charge is 2.18. The number of benzene rings is 2. The van der Waals surface area contributed by atoms with Crippen molar-refractivity contribution in [2.75, 3.05) is 0 Å². The molecule has 1 amide bonds. The van der Waals surface area contributed by atoms with E-state index in [4.69, 9.17) is 4.42 Å². The first-order valence-corrected chi connectivity index (χ1v) is 7.76. The molecule has 1 heterocycles. The first kappa shape index (κ1) is 16.0. The zero-order valence-corrected chi connectivity index (χ0v) is 13.4. The molecule has 122 valence electrons. The lowest BCUT2D eigenvalue weighted by atomic mass is 10.1. The summed E-state index contributed by atoms with van der Waals surface area (Å²) >= 11 is 0. The van der Waals surface area contributed by atoms with Gasteiger partial charge in [-0.2, -0.15) is 0 Å². The summed E-state index contributed by atoms with van der Waals surface area (Å²) in [5.74, 6) is 1.15. The largest absolute Gasteiger partial charge is 0.464 e. The van der Waals surface area contributed by atoms with Gasteiger partial charge in [0, 0.05) is 12.1 Å². The average molecular weight is 323 g/mol. The van der Waals surface area contributed by atoms with Crippen LogP contribution in [0.2, 0.25) is 0 Å². The van der Waals surface area contributed by atoms with E-state index in [0.717, 1.165) is 17.1 Å². The van der Waals surface area contributed by atoms with Gasteiger partial charge in [-0.25, -0.2) is 4.39 Å². The number of amides is 1. The van der Waals surface area contributed by atoms with E-state index < -0.39 is 0 Å². The quantitative estimate of drug-likeness (QED) is 0.689. The molecule has 24 heavy (non-hydrogen) atoms. The van der Waals surface area contributed by atoms with Crippen LogP contribution >= 0.6 is 0 Å². The molecule has 3 aromatic rings. The Balaban J connectivity index is 1.85. The van der Waals surface area contributed by atoms with E-state index in [9.17, 15) is 9.18 Å². The fourth-order valence-corrected chi connectivity index (χ4v) is 2.53. The van der Waals surface area contributed by atoms with Crippen LogP contribution < -0.4 is 0 Å². The van der Waals surface area contributed by atoms with Gasteiger partial charge in [0.1, 0.15) is 17.3 Å². The zero-order valence-electron chi connectivity index (χ0n) is 13.4. The topological polar surface area (TPSA) is 33.5 Å². The Morgan fingerprint density at radius 2 is 1.67 bits per heavy atom. The van der Waals surface area contributed by atoms with Gasteiger partial charge in [-0.1, -0.05) is 30.3 Å². The fraction of sp³-hybridized carbons (Fsp3) is 0.150. The molecule has 4 heteroatoms. The maximum absolute atomic E-state index is 13.1. The molecule has 0 bridgehead atoms. The average Bonchev–Trinajstić information content (AvgIpc) is 3.01. The molecule has 0 aliphatic rings. The lowest BCUT2D eigenvalue weighted by molar-refractivity contribution is 0.0717. The summed E-state index contributed by atoms with van der Waals surface area (Å²) in [5.41, 5.74) is 1.48. The number of halogens is 1. The molecule has 0 radical (unpaired) electrons. The predicted molar refractivity (Wildman–Crippen MR) is 89.9 cm³/mol. The molecule has 0 saturated heterocycles. The smallest absolute Gasteiger partial charge is 0.254 e. The lowest BCUT2D eigenvalue weighted by Crippen LogP contribution is -2.30. The molecule has 0 atom stereocenters. The van der Waals surface area contributed by atoms with Crippen molar-refractivity contribution in [3.8, 4) is 0 Å². The van der Waals surface area contributed by atoms with Gasteiger partial charge in [-0.05, 0) is 48.9 Å². The van der Waals surface area contributed by atoms with Crippen molar-refractivity contribution >= 4 is 5.91 Å². The highest BCUT2D eigenvalue weighted by Crippen LogP contribution is 2.16. The van der Waals surface area contributed by atoms with Gasteiger partial charge in [0.25, 0.3) is 5.91 Å². The van der Waals surface area contributed by atoms with Gasteiger partial charge < -0.3 is 9.32 Å². The summed E-state index contributed by atoms with van der Waals surface area (Å²) in [6.07, 6.45) is 0. The van der Waals surface area contributed by atoms with Crippen LogP contribution in [0, 0.1) is 12.7 Å². The molecule has 0 saturated carbocycles. The Labute approximate surface area is 140 Å². The number of carbonyl (C=O) groups excluding carboxylic acids is 1. The van der Waals surface area contributed by atoms with Crippen LogP contribution in [0.3, 0.4) is 0 Å². The predicted octanol–water partition coefficient (Wildman–Crippen LogP) is 4.57. The van der Waals surface area contributed by atoms with E-state index in [1.54, 1.807) is 29.2 Å². The zero-order chi connectivity index (χ0) is 16.9. The molecule has 0 aliphatic heterocycles. The number of hydrogen-bond donors (Lipinski definition) is 0. The molecule has 0 unspecified atom stereocenters. The van der Waals surface area contributed by atoms with E-state index in [1.807, 2.05) is 37.3 Å². The number of hydrogen-bond acceptors (Lipinski definition) is 2. The summed E-state index contributed by atoms with van der Waals surface area (Å²) in [5, 5.41) is 0. The van der Waals surface area contributed by atoms with Crippen LogP contribution in [0.5, 0.6) is 0 Å². The molecule has 0 fully saturated rings. The molecule has 0 spiro atoms. The summed E-state index contributed by atoms with van der Waals surface area (Å²) in [6.45, 7) is 2.61. The Kier molecular flexibility index (Phi) is 4.75. The summed E-state index contributed by atoms with van der Waals surface area (Å²) < 4.78 is 18.7. The van der Waals surface area contributed by atoms with Crippen molar-refractivity contribution in [2.45, 2.75) is 20.0 Å². The van der Waals surface area contributed by atoms with E-state index in [0.29, 0.717) is 18.7 Å². The number of rotatable bonds is 5. The number of nitrogens with zero attached hydrogens (tertiary/aromatic N) is 1. The van der Waals surface area contributed by atoms with Crippen molar-refractivity contribution in [2.24, 2.45) is 0 Å². The normalized spacial score (nSPS) is 10.6. The lowest BCUT2D eigenvalue weighted by Gasteiger charge is -2.22. The Bertz CT molecular complexity index is 809. The fourth-order valence-electron chi connectivity index (χ4n) is 2.53. The third kappa shape index (κ3) is 3.90. The van der Waals surface area contributed by atoms with Crippen LogP contribution in [-0.2, 0) is 13.1 Å². The third-order valence-corrected chi connectivity index (χ3v) is 3.74. The maximum Gasteiger partial charge on any atom is 0.254 e. The molecule has 2 aromatic carbocycles. The first-order valence-electron chi connectivity index (χ1n) is 7.76. The van der Waals surface area contributed by atoms with E-state index in [-0.39, 0.29) is 11.7 Å². The molecule has 1 aromatic heterocycles. The van der Waals surface area contributed by atoms with Gasteiger partial charge in [-0.15, -0.1) is 0 Å². The van der Waals surface area contributed by atoms with E-state index in [1.165, 1.54) is 12.1 Å². The van der Waals surface area contributed by atoms with Crippen molar-refractivity contribution < 1.29 is 13.6 Å². The SMILES string of the molecule is Cc1ccc(CN(Cc2ccc(F)cc2)C(=O)c2ccccc2)o1. The van der Waals surface area contributed by atoms with E-state index >= 15 is 0 Å². The molecule has 3 rings (SSSR count). The van der Waals surface area contributed by atoms with Gasteiger partial charge in [0.15, 0.2) is 0 Å². The first-order chi connectivity index (χ1) is 11.6. The molecule has 0 aliphatic carbocycles. The number of furan rings is 1. The van der Waals surface area contributed by atoms with Crippen LogP contribution in [0.1, 0.15) is 27.4 Å². The van der Waals surface area contributed by atoms with Crippen molar-refractivity contribution in [3.05, 3.63) is 95.2 Å². The second-order valence-electron chi connectivity index (χ2n) is 5.67. The Hall–Kier alpha value is -2.88. The summed E-state index contributed by atoms with van der Waals surface area (Å²) in [7, 11) is 0. The van der Waals surface area contributed by atoms with Crippen LogP contribution in [0.25, 0.3) is 0 Å². The van der Waals surface area contributed by atoms with E-state index in [2.05, 4.69) is 0 Å². The van der Waals surface area contributed by atoms with Crippen LogP contribution in [0.4, 0.5) is 4.39 Å². The molecule has 3 nitrogen and oxygen atoms in total. The summed E-state index contributed by atoms with van der Waals surface area (Å²) in [4.78, 5) is 14.5. The van der Waals surface area contributed by atoms with Crippen LogP contribution in [0.15, 0.2) is 71.1 Å². The molecule has 0 N–H and O–H groups in total. The maximum atomic E-state index is 13.1. The minimum absolute atomic E-state index is 0.0889. The minimum atomic E-state index is -0.290. The van der Waals surface area contributed by atoms with Gasteiger partial charge in [0.2, 0.25) is 0 Å². The van der Waals surface area contributed by atoms with Crippen LogP contribution in [-0.4, -0.2) is 10.8 Å². The monoisotopic (exact) mass is 323 g/mol. The summed E-state index contributed by atoms with van der Waals surface area (Å²) in [6, 6.07) is 19.0.